The number of aliphatic imine (C=N–C) groups is 1. The Morgan fingerprint density at radius 2 is 2.17 bits per heavy atom. The van der Waals surface area contributed by atoms with Crippen LogP contribution >= 0.6 is 0 Å². The number of aromatic nitrogens is 3. The van der Waals surface area contributed by atoms with Crippen LogP contribution in [0.4, 0.5) is 0 Å². The lowest BCUT2D eigenvalue weighted by molar-refractivity contribution is 0.800. The maximum absolute atomic E-state index is 12.1. The number of allylic oxidation sites excluding steroid dienone is 2. The van der Waals surface area contributed by atoms with E-state index in [0.29, 0.717) is 0 Å². The molecule has 6 nitrogen and oxygen atoms in total. The molecule has 0 N–H and O–H groups in total. The lowest BCUT2D eigenvalue weighted by Crippen LogP contribution is -2.38. The van der Waals surface area contributed by atoms with Gasteiger partial charge in [0.05, 0.1) is 0 Å². The average molecular weight is 242 g/mol. The molecule has 18 heavy (non-hydrogen) atoms. The summed E-state index contributed by atoms with van der Waals surface area (Å²) >= 11 is 0. The van der Waals surface area contributed by atoms with Crippen molar-refractivity contribution in [3.63, 3.8) is 0 Å². The molecule has 0 aliphatic carbocycles. The second kappa shape index (κ2) is 4.62. The van der Waals surface area contributed by atoms with Crippen molar-refractivity contribution < 1.29 is 0 Å². The fourth-order valence-electron chi connectivity index (χ4n) is 1.52. The van der Waals surface area contributed by atoms with Crippen molar-refractivity contribution >= 4 is 18.2 Å². The molecule has 0 atom stereocenters. The first-order valence-corrected chi connectivity index (χ1v) is 5.09. The molecule has 0 unspecified atom stereocenters. The number of rotatable bonds is 3. The molecular weight excluding hydrogens is 232 g/mol. The van der Waals surface area contributed by atoms with Crippen LogP contribution in [0.5, 0.6) is 0 Å². The lowest BCUT2D eigenvalue weighted by Gasteiger charge is -2.05. The smallest absolute Gasteiger partial charge is 0.252 e. The number of pyridine rings is 1. The molecule has 0 fully saturated rings. The molecule has 2 rings (SSSR count). The van der Waals surface area contributed by atoms with E-state index in [1.165, 1.54) is 22.7 Å². The molecule has 2 aromatic rings. The summed E-state index contributed by atoms with van der Waals surface area (Å²) in [6.45, 7) is 6.80. The monoisotopic (exact) mass is 242 g/mol. The van der Waals surface area contributed by atoms with E-state index in [1.807, 2.05) is 0 Å². The predicted octanol–water partition coefficient (Wildman–Crippen LogP) is 0.541. The van der Waals surface area contributed by atoms with Gasteiger partial charge >= 0.3 is 11.4 Å². The zero-order valence-electron chi connectivity index (χ0n) is 9.48. The highest BCUT2D eigenvalue weighted by Gasteiger charge is 2.09. The Morgan fingerprint density at radius 3 is 2.83 bits per heavy atom. The number of hydrogen-bond donors (Lipinski definition) is 0. The second-order valence-electron chi connectivity index (χ2n) is 3.36. The van der Waals surface area contributed by atoms with Gasteiger partial charge in [0.2, 0.25) is 0 Å². The highest BCUT2D eigenvalue weighted by atomic mass is 16.2. The fourth-order valence-corrected chi connectivity index (χ4v) is 1.52. The SMILES string of the molecule is C=C/C=C(\N=C)n1c(=O)nc2ccccn2c1=O. The normalized spacial score (nSPS) is 11.4. The van der Waals surface area contributed by atoms with E-state index < -0.39 is 11.4 Å². The van der Waals surface area contributed by atoms with Crippen molar-refractivity contribution in [3.05, 3.63) is 64.1 Å². The van der Waals surface area contributed by atoms with Gasteiger partial charge in [-0.15, -0.1) is 0 Å². The topological polar surface area (TPSA) is 68.7 Å². The predicted molar refractivity (Wildman–Crippen MR) is 69.7 cm³/mol. The minimum atomic E-state index is -0.702. The third kappa shape index (κ3) is 1.80. The van der Waals surface area contributed by atoms with E-state index in [0.717, 1.165) is 4.57 Å². The Kier molecular flexibility index (Phi) is 3.01. The van der Waals surface area contributed by atoms with Crippen LogP contribution < -0.4 is 11.4 Å². The third-order valence-corrected chi connectivity index (χ3v) is 2.30. The van der Waals surface area contributed by atoms with Crippen molar-refractivity contribution in [1.82, 2.24) is 14.0 Å². The maximum atomic E-state index is 12.1. The van der Waals surface area contributed by atoms with Crippen molar-refractivity contribution in [2.75, 3.05) is 0 Å². The molecular formula is C12H10N4O2. The Bertz CT molecular complexity index is 767. The lowest BCUT2D eigenvalue weighted by atomic mass is 10.4. The Balaban J connectivity index is 2.92. The number of nitrogens with zero attached hydrogens (tertiary/aromatic N) is 4. The highest BCUT2D eigenvalue weighted by molar-refractivity contribution is 5.53. The summed E-state index contributed by atoms with van der Waals surface area (Å²) in [4.78, 5) is 31.4. The largest absolute Gasteiger partial charge is 0.359 e. The number of fused-ring (bicyclic) bond motifs is 1. The van der Waals surface area contributed by atoms with Crippen LogP contribution in [-0.2, 0) is 0 Å². The van der Waals surface area contributed by atoms with Crippen LogP contribution in [-0.4, -0.2) is 20.7 Å². The van der Waals surface area contributed by atoms with E-state index in [4.69, 9.17) is 0 Å². The van der Waals surface area contributed by atoms with Crippen LogP contribution in [0.25, 0.3) is 11.5 Å². The molecule has 0 spiro atoms. The molecule has 2 aromatic heterocycles. The summed E-state index contributed by atoms with van der Waals surface area (Å²) in [5, 5.41) is 0. The standard InChI is InChI=1S/C12H10N4O2/c1-3-6-9(13-2)16-11(17)14-10-7-4-5-8-15(10)12(16)18/h3-8H,1-2H2/b9-6+. The van der Waals surface area contributed by atoms with Gasteiger partial charge in [0.1, 0.15) is 11.5 Å². The molecule has 0 saturated heterocycles. The minimum Gasteiger partial charge on any atom is -0.252 e. The first-order valence-electron chi connectivity index (χ1n) is 5.09. The molecule has 0 saturated carbocycles. The van der Waals surface area contributed by atoms with Crippen LogP contribution in [0.15, 0.2) is 57.7 Å². The Labute approximate surface area is 102 Å². The molecule has 6 heteroatoms. The quantitative estimate of drug-likeness (QED) is 0.582. The van der Waals surface area contributed by atoms with Gasteiger partial charge in [-0.25, -0.2) is 14.6 Å². The van der Waals surface area contributed by atoms with Crippen LogP contribution in [0, 0.1) is 0 Å². The van der Waals surface area contributed by atoms with Gasteiger partial charge < -0.3 is 0 Å². The van der Waals surface area contributed by atoms with Gasteiger partial charge in [-0.3, -0.25) is 4.40 Å². The zero-order chi connectivity index (χ0) is 13.1. The molecule has 0 aromatic carbocycles. The zero-order valence-corrected chi connectivity index (χ0v) is 9.48. The van der Waals surface area contributed by atoms with Gasteiger partial charge in [0.25, 0.3) is 0 Å². The van der Waals surface area contributed by atoms with Crippen molar-refractivity contribution in [3.8, 4) is 0 Å². The molecule has 0 radical (unpaired) electrons. The van der Waals surface area contributed by atoms with E-state index in [2.05, 4.69) is 23.3 Å². The summed E-state index contributed by atoms with van der Waals surface area (Å²) in [6, 6.07) is 4.94. The third-order valence-electron chi connectivity index (χ3n) is 2.30. The van der Waals surface area contributed by atoms with E-state index >= 15 is 0 Å². The van der Waals surface area contributed by atoms with E-state index in [9.17, 15) is 9.59 Å². The van der Waals surface area contributed by atoms with E-state index in [1.54, 1.807) is 18.2 Å². The summed E-state index contributed by atoms with van der Waals surface area (Å²) in [5.41, 5.74) is -0.969. The van der Waals surface area contributed by atoms with Crippen molar-refractivity contribution in [2.24, 2.45) is 4.99 Å². The average Bonchev–Trinajstić information content (AvgIpc) is 2.37. The van der Waals surface area contributed by atoms with Gasteiger partial charge in [-0.05, 0) is 24.9 Å². The second-order valence-corrected chi connectivity index (χ2v) is 3.36. The Hall–Kier alpha value is -2.76. The first kappa shape index (κ1) is 11.7. The van der Waals surface area contributed by atoms with Crippen LogP contribution in [0.3, 0.4) is 0 Å². The summed E-state index contributed by atoms with van der Waals surface area (Å²) in [5.74, 6) is 0.0887. The maximum Gasteiger partial charge on any atom is 0.359 e. The molecule has 0 aliphatic rings. The molecule has 2 heterocycles. The van der Waals surface area contributed by atoms with Crippen LogP contribution in [0.1, 0.15) is 0 Å². The molecule has 0 aliphatic heterocycles. The van der Waals surface area contributed by atoms with E-state index in [-0.39, 0.29) is 11.5 Å². The van der Waals surface area contributed by atoms with Crippen molar-refractivity contribution in [2.45, 2.75) is 0 Å². The van der Waals surface area contributed by atoms with Gasteiger partial charge in [0.15, 0.2) is 0 Å². The molecule has 0 bridgehead atoms. The number of hydrogen-bond acceptors (Lipinski definition) is 4. The van der Waals surface area contributed by atoms with Crippen molar-refractivity contribution in [1.29, 1.82) is 0 Å². The fraction of sp³-hybridized carbons (Fsp3) is 0. The highest BCUT2D eigenvalue weighted by Crippen LogP contribution is 1.99. The molecule has 0 amide bonds. The summed E-state index contributed by atoms with van der Waals surface area (Å²) in [7, 11) is 0. The summed E-state index contributed by atoms with van der Waals surface area (Å²) in [6.07, 6.45) is 4.35. The molecule has 90 valence electrons. The summed E-state index contributed by atoms with van der Waals surface area (Å²) < 4.78 is 2.09. The Morgan fingerprint density at radius 1 is 1.39 bits per heavy atom. The van der Waals surface area contributed by atoms with Crippen LogP contribution in [0.2, 0.25) is 0 Å². The van der Waals surface area contributed by atoms with Gasteiger partial charge in [-0.1, -0.05) is 18.7 Å². The van der Waals surface area contributed by atoms with Gasteiger partial charge in [0, 0.05) is 6.20 Å². The first-order chi connectivity index (χ1) is 8.69. The van der Waals surface area contributed by atoms with Gasteiger partial charge in [-0.2, -0.15) is 9.55 Å². The minimum absolute atomic E-state index is 0.0887.